The highest BCUT2D eigenvalue weighted by Gasteiger charge is 2.01. The highest BCUT2D eigenvalue weighted by atomic mass is 33.2. The molecule has 78 heavy (non-hydrogen) atoms. The van der Waals surface area contributed by atoms with Crippen molar-refractivity contribution in [2.75, 3.05) is 57.3 Å². The maximum Gasteiger partial charge on any atom is 0.0320 e. The van der Waals surface area contributed by atoms with Gasteiger partial charge in [-0.05, 0) is 177 Å². The number of rotatable bonds is 6. The van der Waals surface area contributed by atoms with E-state index in [-0.39, 0.29) is 11.0 Å². The fourth-order valence-electron chi connectivity index (χ4n) is 6.88. The standard InChI is InChI=1S/5C12H12N2.H2O4S2.2H2O/c3*13-11-5-1-9(2-6-11)10-3-7-12(14)8-4-10;13-11-5-1-3-9(7-11)10-4-2-6-12(14)8-10;13-11-6-4-9(5-7-11)10-2-1-3-12(14)8-10;1-5(2)6(3)4;;/h5*1-8H,13-14H2;(H,1,2)(H,3,4);2*1H2/p-2. The number of nitrogen functional groups attached to an aromatic ring is 10. The summed E-state index contributed by atoms with van der Waals surface area (Å²) in [6, 6.07) is 77.8. The molecule has 2 atom stereocenters. The predicted octanol–water partition coefficient (Wildman–Crippen LogP) is 9.60. The van der Waals surface area contributed by atoms with E-state index in [9.17, 15) is 0 Å². The van der Waals surface area contributed by atoms with E-state index in [1.165, 1.54) is 0 Å². The van der Waals surface area contributed by atoms with Crippen LogP contribution in [0.15, 0.2) is 243 Å². The second-order valence-corrected chi connectivity index (χ2v) is 19.1. The molecular weight excluding hydrogens is 1020 g/mol. The number of hydrogen-bond acceptors (Lipinski definition) is 14. The molecule has 0 aliphatic carbocycles. The first kappa shape index (κ1) is 62.6. The van der Waals surface area contributed by atoms with E-state index in [1.54, 1.807) is 0 Å². The van der Waals surface area contributed by atoms with Crippen molar-refractivity contribution in [3.8, 4) is 55.6 Å². The van der Waals surface area contributed by atoms with Crippen molar-refractivity contribution in [2.45, 2.75) is 0 Å². The monoisotopic (exact) mass is 1080 g/mol. The Morgan fingerprint density at radius 1 is 0.205 bits per heavy atom. The molecule has 10 rings (SSSR count). The molecular formula is C60H64N10O6S2-2. The number of anilines is 10. The summed E-state index contributed by atoms with van der Waals surface area (Å²) < 4.78 is 36.3. The van der Waals surface area contributed by atoms with E-state index >= 15 is 0 Å². The van der Waals surface area contributed by atoms with Gasteiger partial charge in [0.1, 0.15) is 0 Å². The fraction of sp³-hybridized carbons (Fsp3) is 0. The minimum absolute atomic E-state index is 0. The highest BCUT2D eigenvalue weighted by molar-refractivity contribution is 8.56. The Kier molecular flexibility index (Phi) is 25.6. The van der Waals surface area contributed by atoms with Crippen LogP contribution in [0.3, 0.4) is 0 Å². The topological polar surface area (TPSA) is 403 Å². The van der Waals surface area contributed by atoms with Gasteiger partial charge in [0.15, 0.2) is 0 Å². The van der Waals surface area contributed by atoms with Gasteiger partial charge < -0.3 is 77.4 Å². The Morgan fingerprint density at radius 2 is 0.346 bits per heavy atom. The van der Waals surface area contributed by atoms with Gasteiger partial charge in [0.2, 0.25) is 0 Å². The van der Waals surface area contributed by atoms with Crippen LogP contribution in [0.1, 0.15) is 0 Å². The average Bonchev–Trinajstić information content (AvgIpc) is 3.41. The zero-order valence-electron chi connectivity index (χ0n) is 42.3. The quantitative estimate of drug-likeness (QED) is 0.0421. The first-order valence-corrected chi connectivity index (χ1v) is 25.9. The average molecular weight is 1090 g/mol. The minimum atomic E-state index is -2.95. The second kappa shape index (κ2) is 31.9. The molecule has 0 aromatic heterocycles. The Balaban J connectivity index is 0.000000248. The lowest BCUT2D eigenvalue weighted by Crippen LogP contribution is -1.94. The van der Waals surface area contributed by atoms with Crippen molar-refractivity contribution in [1.29, 1.82) is 0 Å². The van der Waals surface area contributed by atoms with Crippen LogP contribution in [0.2, 0.25) is 0 Å². The molecule has 0 spiro atoms. The van der Waals surface area contributed by atoms with Gasteiger partial charge in [0.25, 0.3) is 0 Å². The third-order valence-electron chi connectivity index (χ3n) is 10.8. The molecule has 18 heteroatoms. The molecule has 10 aromatic rings. The molecule has 404 valence electrons. The summed E-state index contributed by atoms with van der Waals surface area (Å²) in [5.74, 6) is 0. The van der Waals surface area contributed by atoms with Gasteiger partial charge in [-0.15, -0.1) is 0 Å². The summed E-state index contributed by atoms with van der Waals surface area (Å²) in [5, 5.41) is 0. The van der Waals surface area contributed by atoms with Crippen molar-refractivity contribution < 1.29 is 28.5 Å². The molecule has 0 aliphatic heterocycles. The molecule has 2 unspecified atom stereocenters. The molecule has 0 amide bonds. The minimum Gasteiger partial charge on any atom is -0.763 e. The molecule has 0 bridgehead atoms. The summed E-state index contributed by atoms with van der Waals surface area (Å²) in [6.07, 6.45) is 0. The Bertz CT molecular complexity index is 3000. The number of nitrogens with two attached hydrogens (primary N) is 10. The number of hydrogen-bond donors (Lipinski definition) is 10. The lowest BCUT2D eigenvalue weighted by molar-refractivity contribution is 0.520. The molecule has 0 aliphatic rings. The van der Waals surface area contributed by atoms with Crippen LogP contribution < -0.4 is 57.3 Å². The lowest BCUT2D eigenvalue weighted by atomic mass is 10.0. The Hall–Kier alpha value is -9.66. The highest BCUT2D eigenvalue weighted by Crippen LogP contribution is 2.26. The predicted molar refractivity (Wildman–Crippen MR) is 329 cm³/mol. The summed E-state index contributed by atoms with van der Waals surface area (Å²) in [4.78, 5) is 0. The molecule has 0 heterocycles. The van der Waals surface area contributed by atoms with Crippen LogP contribution >= 0.6 is 0 Å². The number of benzene rings is 10. The van der Waals surface area contributed by atoms with Crippen molar-refractivity contribution in [2.24, 2.45) is 0 Å². The van der Waals surface area contributed by atoms with Gasteiger partial charge in [0.05, 0.1) is 0 Å². The Morgan fingerprint density at radius 3 is 0.487 bits per heavy atom. The van der Waals surface area contributed by atoms with Crippen LogP contribution in [0.5, 0.6) is 0 Å². The van der Waals surface area contributed by atoms with Crippen molar-refractivity contribution in [3.63, 3.8) is 0 Å². The van der Waals surface area contributed by atoms with E-state index in [2.05, 4.69) is 0 Å². The van der Waals surface area contributed by atoms with Crippen LogP contribution in [0.25, 0.3) is 55.6 Å². The zero-order chi connectivity index (χ0) is 55.0. The van der Waals surface area contributed by atoms with E-state index in [0.29, 0.717) is 0 Å². The van der Waals surface area contributed by atoms with Gasteiger partial charge >= 0.3 is 0 Å². The van der Waals surface area contributed by atoms with Gasteiger partial charge in [0, 0.05) is 77.1 Å². The van der Waals surface area contributed by atoms with E-state index in [1.807, 2.05) is 243 Å². The van der Waals surface area contributed by atoms with Crippen LogP contribution in [-0.2, 0) is 20.2 Å². The fourth-order valence-corrected chi connectivity index (χ4v) is 6.88. The molecule has 24 N–H and O–H groups in total. The maximum absolute atomic E-state index is 9.09. The van der Waals surface area contributed by atoms with Gasteiger partial charge in [-0.3, -0.25) is 8.42 Å². The molecule has 0 saturated heterocycles. The molecule has 10 aromatic carbocycles. The van der Waals surface area contributed by atoms with Crippen LogP contribution in [-0.4, -0.2) is 28.5 Å². The smallest absolute Gasteiger partial charge is 0.0320 e. The van der Waals surface area contributed by atoms with Gasteiger partial charge in [-0.1, -0.05) is 121 Å². The van der Waals surface area contributed by atoms with Crippen LogP contribution in [0.4, 0.5) is 56.9 Å². The lowest BCUT2D eigenvalue weighted by Gasteiger charge is -2.04. The van der Waals surface area contributed by atoms with E-state index in [0.717, 1.165) is 113 Å². The third kappa shape index (κ3) is 21.7. The largest absolute Gasteiger partial charge is 0.763 e. The molecule has 0 radical (unpaired) electrons. The first-order valence-electron chi connectivity index (χ1n) is 23.2. The second-order valence-electron chi connectivity index (χ2n) is 16.6. The van der Waals surface area contributed by atoms with Crippen molar-refractivity contribution >= 4 is 77.1 Å². The molecule has 0 fully saturated rings. The third-order valence-corrected chi connectivity index (χ3v) is 11.7. The van der Waals surface area contributed by atoms with Crippen molar-refractivity contribution in [1.82, 2.24) is 0 Å². The van der Waals surface area contributed by atoms with E-state index in [4.69, 9.17) is 74.9 Å². The summed E-state index contributed by atoms with van der Waals surface area (Å²) >= 11 is 0. The SMILES string of the molecule is Nc1ccc(-c2ccc(N)cc2)cc1.Nc1ccc(-c2ccc(N)cc2)cc1.Nc1ccc(-c2ccc(N)cc2)cc1.Nc1ccc(-c2cccc(N)c2)cc1.Nc1cccc(-c2cccc(N)c2)c1.O.O.O=S([O-])S(=O)[O-]. The first-order chi connectivity index (χ1) is 36.4. The molecule has 0 saturated carbocycles. The van der Waals surface area contributed by atoms with E-state index < -0.39 is 20.2 Å². The van der Waals surface area contributed by atoms with Crippen molar-refractivity contribution in [3.05, 3.63) is 243 Å². The summed E-state index contributed by atoms with van der Waals surface area (Å²) in [6.45, 7) is 0. The van der Waals surface area contributed by atoms with Gasteiger partial charge in [-0.2, -0.15) is 0 Å². The molecule has 16 nitrogen and oxygen atoms in total. The van der Waals surface area contributed by atoms with Crippen LogP contribution in [0, 0.1) is 0 Å². The summed E-state index contributed by atoms with van der Waals surface area (Å²) in [7, 11) is -5.90. The summed E-state index contributed by atoms with van der Waals surface area (Å²) in [5.41, 5.74) is 75.5. The Labute approximate surface area is 458 Å². The normalized spacial score (nSPS) is 10.5. The maximum atomic E-state index is 9.09. The zero-order valence-corrected chi connectivity index (χ0v) is 43.9. The van der Waals surface area contributed by atoms with Gasteiger partial charge in [-0.25, -0.2) is 0 Å².